The summed E-state index contributed by atoms with van der Waals surface area (Å²) in [6.07, 6.45) is 0. The Morgan fingerprint density at radius 1 is 1.09 bits per heavy atom. The summed E-state index contributed by atoms with van der Waals surface area (Å²) < 4.78 is 5.16. The molecule has 170 valence electrons. The van der Waals surface area contributed by atoms with Gasteiger partial charge < -0.3 is 5.32 Å². The lowest BCUT2D eigenvalue weighted by atomic mass is 10.1. The second-order valence-electron chi connectivity index (χ2n) is 8.57. The van der Waals surface area contributed by atoms with Crippen molar-refractivity contribution in [1.29, 1.82) is 0 Å². The normalized spacial score (nSPS) is 11.5. The van der Waals surface area contributed by atoms with Gasteiger partial charge in [0.1, 0.15) is 5.82 Å². The zero-order valence-corrected chi connectivity index (χ0v) is 21.4. The van der Waals surface area contributed by atoms with Crippen molar-refractivity contribution >= 4 is 47.0 Å². The Hall–Kier alpha value is -2.75. The van der Waals surface area contributed by atoms with Crippen LogP contribution in [0.5, 0.6) is 0 Å². The number of rotatable bonds is 6. The predicted octanol–water partition coefficient (Wildman–Crippen LogP) is 6.47. The highest BCUT2D eigenvalue weighted by molar-refractivity contribution is 8.00. The fraction of sp³-hybridized carbons (Fsp3) is 0.250. The molecule has 0 saturated heterocycles. The number of anilines is 1. The van der Waals surface area contributed by atoms with Gasteiger partial charge >= 0.3 is 0 Å². The van der Waals surface area contributed by atoms with Crippen molar-refractivity contribution in [3.05, 3.63) is 81.4 Å². The minimum absolute atomic E-state index is 0.187. The summed E-state index contributed by atoms with van der Waals surface area (Å²) in [4.78, 5) is 12.8. The number of carbonyl (C=O) groups excluding carboxylic acids is 1. The number of hydrogen-bond acceptors (Lipinski definition) is 6. The van der Waals surface area contributed by atoms with Crippen molar-refractivity contribution in [1.82, 2.24) is 19.6 Å². The molecular formula is C24H25N5OS3. The topological polar surface area (TPSA) is 64.7 Å². The van der Waals surface area contributed by atoms with Gasteiger partial charge in [0.05, 0.1) is 16.9 Å². The van der Waals surface area contributed by atoms with Gasteiger partial charge in [-0.25, -0.2) is 9.36 Å². The van der Waals surface area contributed by atoms with E-state index in [0.717, 1.165) is 21.5 Å². The first kappa shape index (κ1) is 23.4. The van der Waals surface area contributed by atoms with Crippen LogP contribution < -0.4 is 5.32 Å². The average Bonchev–Trinajstić information content (AvgIpc) is 3.35. The third kappa shape index (κ3) is 5.61. The summed E-state index contributed by atoms with van der Waals surface area (Å²) in [7, 11) is 0. The van der Waals surface area contributed by atoms with E-state index in [-0.39, 0.29) is 11.4 Å². The molecule has 0 unspecified atom stereocenters. The molecule has 1 N–H and O–H groups in total. The van der Waals surface area contributed by atoms with Gasteiger partial charge in [-0.15, -0.1) is 5.10 Å². The van der Waals surface area contributed by atoms with Crippen LogP contribution in [0.15, 0.2) is 65.0 Å². The van der Waals surface area contributed by atoms with Crippen LogP contribution in [0.1, 0.15) is 42.4 Å². The van der Waals surface area contributed by atoms with E-state index >= 15 is 0 Å². The van der Waals surface area contributed by atoms with Gasteiger partial charge in [-0.3, -0.25) is 4.79 Å². The lowest BCUT2D eigenvalue weighted by Gasteiger charge is -2.22. The van der Waals surface area contributed by atoms with Gasteiger partial charge in [-0.2, -0.15) is 5.10 Å². The highest BCUT2D eigenvalue weighted by Gasteiger charge is 2.20. The first-order valence-corrected chi connectivity index (χ1v) is 12.7. The van der Waals surface area contributed by atoms with Crippen LogP contribution in [-0.4, -0.2) is 25.5 Å². The Bertz CT molecular complexity index is 1310. The molecule has 0 spiro atoms. The highest BCUT2D eigenvalue weighted by atomic mass is 32.2. The maximum absolute atomic E-state index is 12.8. The van der Waals surface area contributed by atoms with Crippen molar-refractivity contribution in [2.45, 2.75) is 43.3 Å². The minimum Gasteiger partial charge on any atom is -0.307 e. The maximum Gasteiger partial charge on any atom is 0.256 e. The molecule has 2 heterocycles. The van der Waals surface area contributed by atoms with Crippen molar-refractivity contribution in [3.63, 3.8) is 0 Å². The van der Waals surface area contributed by atoms with E-state index in [2.05, 4.69) is 27.6 Å². The molecule has 0 bridgehead atoms. The van der Waals surface area contributed by atoms with Gasteiger partial charge in [0.2, 0.25) is 0 Å². The number of benzene rings is 2. The van der Waals surface area contributed by atoms with Crippen molar-refractivity contribution in [2.24, 2.45) is 0 Å². The Balaban J connectivity index is 1.47. The Kier molecular flexibility index (Phi) is 6.83. The Morgan fingerprint density at radius 2 is 1.79 bits per heavy atom. The second-order valence-corrected chi connectivity index (χ2v) is 11.4. The maximum atomic E-state index is 12.8. The zero-order chi connectivity index (χ0) is 23.6. The smallest absolute Gasteiger partial charge is 0.256 e. The van der Waals surface area contributed by atoms with Crippen LogP contribution in [0.2, 0.25) is 0 Å². The SMILES string of the molecule is Cc1cc(NC(=O)c2ccc(-n3nc(SCc4ccccc4)sc3=S)cc2)n(C(C)(C)C)n1. The fourth-order valence-electron chi connectivity index (χ4n) is 3.24. The third-order valence-corrected chi connectivity index (χ3v) is 7.25. The summed E-state index contributed by atoms with van der Waals surface area (Å²) in [6, 6.07) is 19.5. The third-order valence-electron chi connectivity index (χ3n) is 4.82. The summed E-state index contributed by atoms with van der Waals surface area (Å²) in [5, 5.41) is 12.1. The molecule has 2 aromatic heterocycles. The molecule has 0 aliphatic heterocycles. The van der Waals surface area contributed by atoms with Crippen molar-refractivity contribution in [2.75, 3.05) is 5.32 Å². The van der Waals surface area contributed by atoms with Gasteiger partial charge in [-0.1, -0.05) is 53.4 Å². The molecule has 0 aliphatic rings. The number of thioether (sulfide) groups is 1. The molecule has 0 saturated carbocycles. The molecule has 0 aliphatic carbocycles. The van der Waals surface area contributed by atoms with E-state index in [1.165, 1.54) is 16.9 Å². The number of nitrogens with zero attached hydrogens (tertiary/aromatic N) is 4. The molecule has 4 aromatic rings. The lowest BCUT2D eigenvalue weighted by Crippen LogP contribution is -2.26. The van der Waals surface area contributed by atoms with Crippen LogP contribution in [0.3, 0.4) is 0 Å². The first-order chi connectivity index (χ1) is 15.7. The van der Waals surface area contributed by atoms with E-state index < -0.39 is 0 Å². The molecule has 2 aromatic carbocycles. The Morgan fingerprint density at radius 3 is 2.45 bits per heavy atom. The van der Waals surface area contributed by atoms with E-state index in [4.69, 9.17) is 12.2 Å². The molecule has 0 atom stereocenters. The van der Waals surface area contributed by atoms with Crippen LogP contribution >= 0.6 is 35.3 Å². The van der Waals surface area contributed by atoms with E-state index in [0.29, 0.717) is 15.3 Å². The van der Waals surface area contributed by atoms with Gasteiger partial charge in [-0.05, 0) is 69.7 Å². The summed E-state index contributed by atoms with van der Waals surface area (Å²) in [6.45, 7) is 8.06. The molecule has 9 heteroatoms. The first-order valence-electron chi connectivity index (χ1n) is 10.5. The van der Waals surface area contributed by atoms with E-state index in [1.54, 1.807) is 28.6 Å². The Labute approximate surface area is 206 Å². The minimum atomic E-state index is -0.238. The summed E-state index contributed by atoms with van der Waals surface area (Å²) in [5.74, 6) is 1.33. The second kappa shape index (κ2) is 9.62. The molecule has 33 heavy (non-hydrogen) atoms. The molecule has 0 fully saturated rings. The summed E-state index contributed by atoms with van der Waals surface area (Å²) in [5.41, 5.74) is 3.24. The van der Waals surface area contributed by atoms with Crippen molar-refractivity contribution < 1.29 is 4.79 Å². The number of aromatic nitrogens is 4. The lowest BCUT2D eigenvalue weighted by molar-refractivity contribution is 0.102. The molecular weight excluding hydrogens is 470 g/mol. The number of nitrogens with one attached hydrogen (secondary N) is 1. The highest BCUT2D eigenvalue weighted by Crippen LogP contribution is 2.27. The number of amides is 1. The van der Waals surface area contributed by atoms with Crippen molar-refractivity contribution in [3.8, 4) is 5.69 Å². The van der Waals surface area contributed by atoms with Crippen LogP contribution in [0.4, 0.5) is 5.82 Å². The molecule has 4 rings (SSSR count). The van der Waals surface area contributed by atoms with Gasteiger partial charge in [0.15, 0.2) is 8.29 Å². The monoisotopic (exact) mass is 495 g/mol. The van der Waals surface area contributed by atoms with E-state index in [9.17, 15) is 4.79 Å². The van der Waals surface area contributed by atoms with Gasteiger partial charge in [0, 0.05) is 17.4 Å². The van der Waals surface area contributed by atoms with Crippen LogP contribution in [-0.2, 0) is 11.3 Å². The predicted molar refractivity (Wildman–Crippen MR) is 138 cm³/mol. The largest absolute Gasteiger partial charge is 0.307 e. The van der Waals surface area contributed by atoms with E-state index in [1.807, 2.05) is 68.8 Å². The summed E-state index contributed by atoms with van der Waals surface area (Å²) >= 11 is 8.68. The number of carbonyl (C=O) groups is 1. The molecule has 6 nitrogen and oxygen atoms in total. The fourth-order valence-corrected chi connectivity index (χ4v) is 5.56. The standard InChI is InChI=1S/C24H25N5OS3/c1-16-14-20(29(26-16)24(2,3)4)25-21(30)18-10-12-19(13-11-18)28-23(31)33-22(27-28)32-15-17-8-6-5-7-9-17/h5-14H,15H2,1-4H3,(H,25,30). The molecule has 1 amide bonds. The van der Waals surface area contributed by atoms with Gasteiger partial charge in [0.25, 0.3) is 5.91 Å². The number of hydrogen-bond donors (Lipinski definition) is 1. The quantitative estimate of drug-likeness (QED) is 0.245. The molecule has 0 radical (unpaired) electrons. The zero-order valence-electron chi connectivity index (χ0n) is 18.9. The van der Waals surface area contributed by atoms with Crippen LogP contribution in [0, 0.1) is 10.9 Å². The average molecular weight is 496 g/mol. The number of aryl methyl sites for hydroxylation is 1. The van der Waals surface area contributed by atoms with Crippen LogP contribution in [0.25, 0.3) is 5.69 Å².